The molecule has 0 aliphatic heterocycles. The molecule has 1 aliphatic rings. The second kappa shape index (κ2) is 10.4. The van der Waals surface area contributed by atoms with Crippen LogP contribution >= 0.6 is 0 Å². The average Bonchev–Trinajstić information content (AvgIpc) is 2.53. The van der Waals surface area contributed by atoms with Crippen molar-refractivity contribution >= 4 is 11.9 Å². The van der Waals surface area contributed by atoms with E-state index in [1.165, 1.54) is 12.5 Å². The first-order valence-electron chi connectivity index (χ1n) is 8.62. The summed E-state index contributed by atoms with van der Waals surface area (Å²) in [6.07, 6.45) is 9.43. The molecule has 4 heteroatoms. The predicted octanol–water partition coefficient (Wildman–Crippen LogP) is 4.03. The van der Waals surface area contributed by atoms with E-state index in [9.17, 15) is 9.59 Å². The molecule has 22 heavy (non-hydrogen) atoms. The van der Waals surface area contributed by atoms with E-state index < -0.39 is 11.9 Å². The lowest BCUT2D eigenvalue weighted by Gasteiger charge is -2.31. The number of unbranched alkanes of at least 4 members (excludes halogenated alkanes) is 1. The number of esters is 2. The van der Waals surface area contributed by atoms with E-state index in [0.717, 1.165) is 56.4 Å². The van der Waals surface area contributed by atoms with Crippen molar-refractivity contribution in [2.24, 2.45) is 11.8 Å². The minimum atomic E-state index is -0.481. The minimum absolute atomic E-state index is 0.00596. The number of hydrogen-bond acceptors (Lipinski definition) is 4. The summed E-state index contributed by atoms with van der Waals surface area (Å²) < 4.78 is 10.3. The van der Waals surface area contributed by atoms with Crippen molar-refractivity contribution in [1.29, 1.82) is 0 Å². The van der Waals surface area contributed by atoms with Gasteiger partial charge in [-0.1, -0.05) is 33.6 Å². The SMILES string of the molecule is CCCCOC(=O)/C=C/C(=O)OC1CCC(C(C)CC)CC1. The monoisotopic (exact) mass is 310 g/mol. The smallest absolute Gasteiger partial charge is 0.331 e. The lowest BCUT2D eigenvalue weighted by atomic mass is 9.79. The molecule has 1 aliphatic carbocycles. The third-order valence-corrected chi connectivity index (χ3v) is 4.55. The van der Waals surface area contributed by atoms with Gasteiger partial charge in [-0.3, -0.25) is 0 Å². The van der Waals surface area contributed by atoms with Gasteiger partial charge in [-0.25, -0.2) is 9.59 Å². The summed E-state index contributed by atoms with van der Waals surface area (Å²) in [5.41, 5.74) is 0. The normalized spacial score (nSPS) is 23.2. The van der Waals surface area contributed by atoms with E-state index in [1.807, 2.05) is 6.92 Å². The summed E-state index contributed by atoms with van der Waals surface area (Å²) in [7, 11) is 0. The van der Waals surface area contributed by atoms with Crippen molar-refractivity contribution in [2.45, 2.75) is 71.8 Å². The van der Waals surface area contributed by atoms with Crippen LogP contribution < -0.4 is 0 Å². The fraction of sp³-hybridized carbons (Fsp3) is 0.778. The number of carbonyl (C=O) groups excluding carboxylic acids is 2. The van der Waals surface area contributed by atoms with E-state index >= 15 is 0 Å². The molecule has 0 N–H and O–H groups in total. The van der Waals surface area contributed by atoms with Crippen LogP contribution in [0.15, 0.2) is 12.2 Å². The highest BCUT2D eigenvalue weighted by molar-refractivity contribution is 5.91. The first-order chi connectivity index (χ1) is 10.6. The van der Waals surface area contributed by atoms with Crippen LogP contribution in [-0.4, -0.2) is 24.6 Å². The molecule has 0 radical (unpaired) electrons. The maximum absolute atomic E-state index is 11.7. The van der Waals surface area contributed by atoms with Gasteiger partial charge >= 0.3 is 11.9 Å². The third-order valence-electron chi connectivity index (χ3n) is 4.55. The molecule has 0 bridgehead atoms. The largest absolute Gasteiger partial charge is 0.463 e. The zero-order chi connectivity index (χ0) is 16.4. The fourth-order valence-corrected chi connectivity index (χ4v) is 2.81. The Balaban J connectivity index is 2.24. The Labute approximate surface area is 134 Å². The van der Waals surface area contributed by atoms with Crippen molar-refractivity contribution in [2.75, 3.05) is 6.61 Å². The Morgan fingerprint density at radius 3 is 2.32 bits per heavy atom. The van der Waals surface area contributed by atoms with Crippen molar-refractivity contribution in [3.8, 4) is 0 Å². The van der Waals surface area contributed by atoms with Crippen molar-refractivity contribution < 1.29 is 19.1 Å². The van der Waals surface area contributed by atoms with Crippen molar-refractivity contribution in [3.63, 3.8) is 0 Å². The zero-order valence-corrected chi connectivity index (χ0v) is 14.2. The molecule has 4 nitrogen and oxygen atoms in total. The number of rotatable bonds is 8. The second-order valence-corrected chi connectivity index (χ2v) is 6.21. The number of ether oxygens (including phenoxy) is 2. The van der Waals surface area contributed by atoms with Crippen LogP contribution in [0.25, 0.3) is 0 Å². The van der Waals surface area contributed by atoms with Crippen LogP contribution in [0.3, 0.4) is 0 Å². The molecule has 1 fully saturated rings. The maximum Gasteiger partial charge on any atom is 0.331 e. The van der Waals surface area contributed by atoms with Crippen molar-refractivity contribution in [3.05, 3.63) is 12.2 Å². The van der Waals surface area contributed by atoms with Gasteiger partial charge in [0.15, 0.2) is 0 Å². The highest BCUT2D eigenvalue weighted by Crippen LogP contribution is 2.32. The molecule has 1 atom stereocenters. The standard InChI is InChI=1S/C18H30O4/c1-4-6-13-21-17(19)11-12-18(20)22-16-9-7-15(8-10-16)14(3)5-2/h11-12,14-16H,4-10,13H2,1-3H3/b12-11+. The van der Waals surface area contributed by atoms with Gasteiger partial charge in [-0.2, -0.15) is 0 Å². The topological polar surface area (TPSA) is 52.6 Å². The lowest BCUT2D eigenvalue weighted by molar-refractivity contribution is -0.146. The van der Waals surface area contributed by atoms with Crippen LogP contribution in [0, 0.1) is 11.8 Å². The van der Waals surface area contributed by atoms with Gasteiger partial charge in [-0.15, -0.1) is 0 Å². The van der Waals surface area contributed by atoms with E-state index in [0.29, 0.717) is 6.61 Å². The highest BCUT2D eigenvalue weighted by Gasteiger charge is 2.26. The molecule has 0 heterocycles. The third kappa shape index (κ3) is 7.10. The molecule has 1 rings (SSSR count). The molecule has 0 saturated heterocycles. The Morgan fingerprint density at radius 2 is 1.73 bits per heavy atom. The molecule has 0 amide bonds. The van der Waals surface area contributed by atoms with E-state index in [4.69, 9.17) is 9.47 Å². The summed E-state index contributed by atoms with van der Waals surface area (Å²) in [6.45, 7) is 6.94. The summed E-state index contributed by atoms with van der Waals surface area (Å²) in [6, 6.07) is 0. The Morgan fingerprint density at radius 1 is 1.09 bits per heavy atom. The van der Waals surface area contributed by atoms with Crippen LogP contribution in [0.4, 0.5) is 0 Å². The van der Waals surface area contributed by atoms with Crippen LogP contribution in [0.1, 0.15) is 65.7 Å². The van der Waals surface area contributed by atoms with E-state index in [2.05, 4.69) is 13.8 Å². The number of hydrogen-bond donors (Lipinski definition) is 0. The van der Waals surface area contributed by atoms with Gasteiger partial charge in [-0.05, 0) is 43.9 Å². The Kier molecular flexibility index (Phi) is 8.86. The molecule has 1 unspecified atom stereocenters. The minimum Gasteiger partial charge on any atom is -0.463 e. The van der Waals surface area contributed by atoms with Crippen LogP contribution in [-0.2, 0) is 19.1 Å². The van der Waals surface area contributed by atoms with Gasteiger partial charge in [0.2, 0.25) is 0 Å². The summed E-state index contributed by atoms with van der Waals surface area (Å²) in [5, 5.41) is 0. The molecule has 0 aromatic carbocycles. The van der Waals surface area contributed by atoms with Crippen LogP contribution in [0.5, 0.6) is 0 Å². The first kappa shape index (κ1) is 18.7. The maximum atomic E-state index is 11.7. The summed E-state index contributed by atoms with van der Waals surface area (Å²) in [5.74, 6) is 0.573. The average molecular weight is 310 g/mol. The lowest BCUT2D eigenvalue weighted by Crippen LogP contribution is -2.26. The van der Waals surface area contributed by atoms with E-state index in [1.54, 1.807) is 0 Å². The second-order valence-electron chi connectivity index (χ2n) is 6.21. The van der Waals surface area contributed by atoms with Gasteiger partial charge < -0.3 is 9.47 Å². The molecule has 126 valence electrons. The summed E-state index contributed by atoms with van der Waals surface area (Å²) >= 11 is 0. The predicted molar refractivity (Wildman–Crippen MR) is 86.3 cm³/mol. The highest BCUT2D eigenvalue weighted by atomic mass is 16.5. The Hall–Kier alpha value is -1.32. The van der Waals surface area contributed by atoms with E-state index in [-0.39, 0.29) is 6.10 Å². The molecule has 0 aromatic heterocycles. The van der Waals surface area contributed by atoms with Gasteiger partial charge in [0, 0.05) is 12.2 Å². The summed E-state index contributed by atoms with van der Waals surface area (Å²) in [4.78, 5) is 23.0. The molecule has 1 saturated carbocycles. The quantitative estimate of drug-likeness (QED) is 0.386. The molecule has 0 aromatic rings. The molecule has 0 spiro atoms. The molecular weight excluding hydrogens is 280 g/mol. The van der Waals surface area contributed by atoms with Gasteiger partial charge in [0.25, 0.3) is 0 Å². The Bertz CT molecular complexity index is 367. The fourth-order valence-electron chi connectivity index (χ4n) is 2.81. The first-order valence-corrected chi connectivity index (χ1v) is 8.62. The van der Waals surface area contributed by atoms with Gasteiger partial charge in [0.1, 0.15) is 6.10 Å². The van der Waals surface area contributed by atoms with Crippen LogP contribution in [0.2, 0.25) is 0 Å². The van der Waals surface area contributed by atoms with Crippen molar-refractivity contribution in [1.82, 2.24) is 0 Å². The molecular formula is C18H30O4. The zero-order valence-electron chi connectivity index (χ0n) is 14.2. The number of carbonyl (C=O) groups is 2. The van der Waals surface area contributed by atoms with Gasteiger partial charge in [0.05, 0.1) is 6.61 Å².